The van der Waals surface area contributed by atoms with Gasteiger partial charge in [0.2, 0.25) is 0 Å². The van der Waals surface area contributed by atoms with Crippen molar-refractivity contribution in [3.63, 3.8) is 0 Å². The van der Waals surface area contributed by atoms with Gasteiger partial charge in [-0.2, -0.15) is 13.2 Å². The SMILES string of the molecule is CC1CCCCCC1NCCCC(F)(F)F. The molecule has 0 saturated heterocycles. The molecule has 1 nitrogen and oxygen atoms in total. The second kappa shape index (κ2) is 6.48. The maximum atomic E-state index is 11.9. The third-order valence-corrected chi connectivity index (χ3v) is 3.41. The topological polar surface area (TPSA) is 12.0 Å². The highest BCUT2D eigenvalue weighted by Crippen LogP contribution is 2.24. The molecule has 0 radical (unpaired) electrons. The number of nitrogens with one attached hydrogen (secondary N) is 1. The van der Waals surface area contributed by atoms with Crippen molar-refractivity contribution in [1.82, 2.24) is 5.32 Å². The molecule has 0 heterocycles. The zero-order chi connectivity index (χ0) is 12.0. The molecule has 0 amide bonds. The summed E-state index contributed by atoms with van der Waals surface area (Å²) in [6.07, 6.45) is 1.60. The summed E-state index contributed by atoms with van der Waals surface area (Å²) in [5.41, 5.74) is 0. The van der Waals surface area contributed by atoms with Crippen molar-refractivity contribution >= 4 is 0 Å². The van der Waals surface area contributed by atoms with E-state index in [1.807, 2.05) is 0 Å². The van der Waals surface area contributed by atoms with Crippen LogP contribution >= 0.6 is 0 Å². The van der Waals surface area contributed by atoms with Crippen LogP contribution in [0.15, 0.2) is 0 Å². The molecular formula is C12H22F3N. The molecule has 1 aliphatic carbocycles. The van der Waals surface area contributed by atoms with Crippen LogP contribution in [-0.2, 0) is 0 Å². The first-order valence-corrected chi connectivity index (χ1v) is 6.29. The molecular weight excluding hydrogens is 215 g/mol. The van der Waals surface area contributed by atoms with Crippen molar-refractivity contribution in [2.24, 2.45) is 5.92 Å². The van der Waals surface area contributed by atoms with E-state index >= 15 is 0 Å². The molecule has 0 bridgehead atoms. The lowest BCUT2D eigenvalue weighted by molar-refractivity contribution is -0.135. The quantitative estimate of drug-likeness (QED) is 0.578. The van der Waals surface area contributed by atoms with Gasteiger partial charge in [0, 0.05) is 12.5 Å². The normalized spacial score (nSPS) is 27.8. The Kier molecular flexibility index (Phi) is 5.59. The van der Waals surface area contributed by atoms with Gasteiger partial charge in [0.1, 0.15) is 0 Å². The molecule has 1 N–H and O–H groups in total. The standard InChI is InChI=1S/C12H22F3N/c1-10-6-3-2-4-7-11(10)16-9-5-8-12(13,14)15/h10-11,16H,2-9H2,1H3. The molecule has 96 valence electrons. The van der Waals surface area contributed by atoms with Gasteiger partial charge in [-0.25, -0.2) is 0 Å². The Hall–Kier alpha value is -0.250. The van der Waals surface area contributed by atoms with Gasteiger partial charge < -0.3 is 5.32 Å². The lowest BCUT2D eigenvalue weighted by Gasteiger charge is -2.23. The van der Waals surface area contributed by atoms with Gasteiger partial charge in [0.25, 0.3) is 0 Å². The Morgan fingerprint density at radius 3 is 2.50 bits per heavy atom. The Balaban J connectivity index is 2.15. The number of hydrogen-bond acceptors (Lipinski definition) is 1. The highest BCUT2D eigenvalue weighted by molar-refractivity contribution is 4.76. The summed E-state index contributed by atoms with van der Waals surface area (Å²) >= 11 is 0. The van der Waals surface area contributed by atoms with E-state index in [1.54, 1.807) is 0 Å². The third-order valence-electron chi connectivity index (χ3n) is 3.41. The molecule has 1 rings (SSSR count). The fraction of sp³-hybridized carbons (Fsp3) is 1.00. The smallest absolute Gasteiger partial charge is 0.314 e. The van der Waals surface area contributed by atoms with Crippen LogP contribution in [0.5, 0.6) is 0 Å². The lowest BCUT2D eigenvalue weighted by Crippen LogP contribution is -2.35. The van der Waals surface area contributed by atoms with Gasteiger partial charge in [0.15, 0.2) is 0 Å². The van der Waals surface area contributed by atoms with E-state index < -0.39 is 12.6 Å². The van der Waals surface area contributed by atoms with Crippen LogP contribution in [0, 0.1) is 5.92 Å². The minimum Gasteiger partial charge on any atom is -0.314 e. The van der Waals surface area contributed by atoms with E-state index in [9.17, 15) is 13.2 Å². The molecule has 1 fully saturated rings. The van der Waals surface area contributed by atoms with Crippen LogP contribution < -0.4 is 5.32 Å². The Labute approximate surface area is 95.8 Å². The molecule has 0 aromatic heterocycles. The van der Waals surface area contributed by atoms with Crippen molar-refractivity contribution < 1.29 is 13.2 Å². The summed E-state index contributed by atoms with van der Waals surface area (Å²) in [7, 11) is 0. The van der Waals surface area contributed by atoms with E-state index in [-0.39, 0.29) is 6.42 Å². The molecule has 1 saturated carbocycles. The van der Waals surface area contributed by atoms with Gasteiger partial charge in [-0.15, -0.1) is 0 Å². The lowest BCUT2D eigenvalue weighted by atomic mass is 9.97. The summed E-state index contributed by atoms with van der Waals surface area (Å²) in [6.45, 7) is 2.70. The van der Waals surface area contributed by atoms with E-state index in [2.05, 4.69) is 12.2 Å². The van der Waals surface area contributed by atoms with Crippen molar-refractivity contribution in [2.75, 3.05) is 6.54 Å². The first kappa shape index (κ1) is 13.8. The van der Waals surface area contributed by atoms with Crippen LogP contribution in [0.2, 0.25) is 0 Å². The van der Waals surface area contributed by atoms with Gasteiger partial charge in [0.05, 0.1) is 0 Å². The minimum atomic E-state index is -4.00. The summed E-state index contributed by atoms with van der Waals surface area (Å²) in [4.78, 5) is 0. The number of alkyl halides is 3. The first-order chi connectivity index (χ1) is 7.49. The molecule has 1 aliphatic rings. The predicted octanol–water partition coefficient (Wildman–Crippen LogP) is 3.89. The maximum Gasteiger partial charge on any atom is 0.389 e. The highest BCUT2D eigenvalue weighted by atomic mass is 19.4. The maximum absolute atomic E-state index is 11.9. The minimum absolute atomic E-state index is 0.201. The number of rotatable bonds is 4. The van der Waals surface area contributed by atoms with Crippen molar-refractivity contribution in [2.45, 2.75) is 64.1 Å². The predicted molar refractivity (Wildman–Crippen MR) is 59.3 cm³/mol. The fourth-order valence-electron chi connectivity index (χ4n) is 2.37. The van der Waals surface area contributed by atoms with Gasteiger partial charge >= 0.3 is 6.18 Å². The largest absolute Gasteiger partial charge is 0.389 e. The average Bonchev–Trinajstić information content (AvgIpc) is 2.37. The van der Waals surface area contributed by atoms with Crippen molar-refractivity contribution in [3.8, 4) is 0 Å². The van der Waals surface area contributed by atoms with E-state index in [0.29, 0.717) is 18.5 Å². The second-order valence-corrected chi connectivity index (χ2v) is 4.89. The summed E-state index contributed by atoms with van der Waals surface area (Å²) < 4.78 is 35.8. The van der Waals surface area contributed by atoms with Crippen LogP contribution in [0.25, 0.3) is 0 Å². The van der Waals surface area contributed by atoms with E-state index in [0.717, 1.165) is 6.42 Å². The molecule has 2 unspecified atom stereocenters. The third kappa shape index (κ3) is 5.73. The Morgan fingerprint density at radius 1 is 1.12 bits per heavy atom. The van der Waals surface area contributed by atoms with Gasteiger partial charge in [-0.3, -0.25) is 0 Å². The molecule has 0 spiro atoms. The molecule has 16 heavy (non-hydrogen) atoms. The first-order valence-electron chi connectivity index (χ1n) is 6.29. The second-order valence-electron chi connectivity index (χ2n) is 4.89. The van der Waals surface area contributed by atoms with Crippen LogP contribution in [-0.4, -0.2) is 18.8 Å². The summed E-state index contributed by atoms with van der Waals surface area (Å²) in [6, 6.07) is 0.427. The number of halogens is 3. The monoisotopic (exact) mass is 237 g/mol. The van der Waals surface area contributed by atoms with E-state index in [4.69, 9.17) is 0 Å². The van der Waals surface area contributed by atoms with Gasteiger partial charge in [-0.05, 0) is 31.7 Å². The number of hydrogen-bond donors (Lipinski definition) is 1. The molecule has 4 heteroatoms. The summed E-state index contributed by atoms with van der Waals surface area (Å²) in [5, 5.41) is 3.28. The van der Waals surface area contributed by atoms with Crippen molar-refractivity contribution in [1.29, 1.82) is 0 Å². The van der Waals surface area contributed by atoms with Crippen LogP contribution in [0.4, 0.5) is 13.2 Å². The molecule has 0 aromatic rings. The zero-order valence-electron chi connectivity index (χ0n) is 9.95. The van der Waals surface area contributed by atoms with Crippen molar-refractivity contribution in [3.05, 3.63) is 0 Å². The Morgan fingerprint density at radius 2 is 1.81 bits per heavy atom. The molecule has 2 atom stereocenters. The summed E-state index contributed by atoms with van der Waals surface area (Å²) in [5.74, 6) is 0.605. The van der Waals surface area contributed by atoms with Crippen LogP contribution in [0.1, 0.15) is 51.9 Å². The highest BCUT2D eigenvalue weighted by Gasteiger charge is 2.26. The molecule has 0 aromatic carbocycles. The average molecular weight is 237 g/mol. The molecule has 0 aliphatic heterocycles. The van der Waals surface area contributed by atoms with Crippen LogP contribution in [0.3, 0.4) is 0 Å². The Bertz CT molecular complexity index is 191. The fourth-order valence-corrected chi connectivity index (χ4v) is 2.37. The van der Waals surface area contributed by atoms with E-state index in [1.165, 1.54) is 25.7 Å². The van der Waals surface area contributed by atoms with Gasteiger partial charge in [-0.1, -0.05) is 26.2 Å². The zero-order valence-corrected chi connectivity index (χ0v) is 9.95.